The number of nitrogens with one attached hydrogen (secondary N) is 3. The number of nitrogens with two attached hydrogens (primary N) is 1. The van der Waals surface area contributed by atoms with Crippen molar-refractivity contribution in [1.82, 2.24) is 10.6 Å². The van der Waals surface area contributed by atoms with E-state index in [1.165, 1.54) is 0 Å². The van der Waals surface area contributed by atoms with Crippen LogP contribution in [0, 0.1) is 17.7 Å². The van der Waals surface area contributed by atoms with E-state index in [4.69, 9.17) is 5.73 Å². The van der Waals surface area contributed by atoms with Gasteiger partial charge in [0.25, 0.3) is 5.91 Å². The molecule has 2 unspecified atom stereocenters. The fraction of sp³-hybridized carbons (Fsp3) is 0.481. The molecule has 1 heterocycles. The Bertz CT molecular complexity index is 1440. The number of aliphatic hydroxyl groups excluding tert-OH is 2. The lowest BCUT2D eigenvalue weighted by molar-refractivity contribution is -0.150. The van der Waals surface area contributed by atoms with Gasteiger partial charge in [-0.1, -0.05) is 13.8 Å². The zero-order valence-electron chi connectivity index (χ0n) is 21.9. The number of amides is 2. The second kappa shape index (κ2) is 9.68. The highest BCUT2D eigenvalue weighted by Gasteiger charge is 2.63. The summed E-state index contributed by atoms with van der Waals surface area (Å²) in [5.74, 6) is -9.53. The van der Waals surface area contributed by atoms with Gasteiger partial charge >= 0.3 is 0 Å². The van der Waals surface area contributed by atoms with Crippen molar-refractivity contribution in [2.24, 2.45) is 17.6 Å². The number of fused-ring (bicyclic) bond motifs is 4. The van der Waals surface area contributed by atoms with Crippen LogP contribution in [0.15, 0.2) is 16.9 Å². The van der Waals surface area contributed by atoms with Crippen LogP contribution in [0.3, 0.4) is 0 Å². The SMILES string of the molecule is CCCNC1Cc2c(F)c3c(c(O)c2NC1=O)C(O)=C1C(=O)[C@]2(O)C(O)=C(C(N)=O)C(=O)[C@@H](NCC)C2C[C@@H]1C3. The molecule has 3 aliphatic carbocycles. The molecule has 5 atom stereocenters. The summed E-state index contributed by atoms with van der Waals surface area (Å²) in [6.07, 6.45) is 0.347. The number of halogens is 1. The van der Waals surface area contributed by atoms with E-state index < -0.39 is 92.7 Å². The van der Waals surface area contributed by atoms with Crippen molar-refractivity contribution < 1.29 is 44.0 Å². The summed E-state index contributed by atoms with van der Waals surface area (Å²) < 4.78 is 16.0. The molecule has 0 radical (unpaired) electrons. The average Bonchev–Trinajstić information content (AvgIpc) is 2.90. The molecular weight excluding hydrogens is 527 g/mol. The lowest BCUT2D eigenvalue weighted by Gasteiger charge is -2.49. The Morgan fingerprint density at radius 2 is 1.82 bits per heavy atom. The maximum absolute atomic E-state index is 16.0. The molecule has 214 valence electrons. The zero-order valence-corrected chi connectivity index (χ0v) is 21.9. The number of carbonyl (C=O) groups excluding carboxylic acids is 4. The van der Waals surface area contributed by atoms with E-state index >= 15 is 4.39 Å². The van der Waals surface area contributed by atoms with Crippen molar-refractivity contribution in [2.45, 2.75) is 57.2 Å². The fourth-order valence-corrected chi connectivity index (χ4v) is 6.60. The van der Waals surface area contributed by atoms with Crippen molar-refractivity contribution in [3.05, 3.63) is 39.4 Å². The molecule has 0 saturated heterocycles. The highest BCUT2D eigenvalue weighted by atomic mass is 19.1. The van der Waals surface area contributed by atoms with Crippen LogP contribution in [-0.2, 0) is 32.0 Å². The first kappa shape index (κ1) is 27.7. The molecular formula is C27H31FN4O8. The van der Waals surface area contributed by atoms with Gasteiger partial charge in [-0.05, 0) is 38.3 Å². The van der Waals surface area contributed by atoms with Gasteiger partial charge in [-0.15, -0.1) is 0 Å². The first-order chi connectivity index (χ1) is 18.9. The number of rotatable bonds is 6. The number of likely N-dealkylation sites (N-methyl/N-ethyl adjacent to an activating group) is 1. The molecule has 0 aromatic heterocycles. The topological polar surface area (TPSA) is 211 Å². The largest absolute Gasteiger partial charge is 0.508 e. The summed E-state index contributed by atoms with van der Waals surface area (Å²) in [6.45, 7) is 4.29. The van der Waals surface area contributed by atoms with Crippen molar-refractivity contribution in [1.29, 1.82) is 0 Å². The molecule has 0 bridgehead atoms. The van der Waals surface area contributed by atoms with Crippen LogP contribution in [0.1, 0.15) is 43.4 Å². The summed E-state index contributed by atoms with van der Waals surface area (Å²) in [4.78, 5) is 51.6. The number of Topliss-reactive ketones (excluding diaryl/α,β-unsaturated/α-hetero) is 2. The molecule has 4 aliphatic rings. The van der Waals surface area contributed by atoms with E-state index in [1.54, 1.807) is 6.92 Å². The monoisotopic (exact) mass is 558 g/mol. The summed E-state index contributed by atoms with van der Waals surface area (Å²) in [6, 6.07) is -2.01. The highest BCUT2D eigenvalue weighted by molar-refractivity contribution is 6.24. The minimum absolute atomic E-state index is 0.0457. The van der Waals surface area contributed by atoms with Gasteiger partial charge in [-0.25, -0.2) is 4.39 Å². The lowest BCUT2D eigenvalue weighted by atomic mass is 9.57. The Labute approximate surface area is 228 Å². The summed E-state index contributed by atoms with van der Waals surface area (Å²) in [5, 5.41) is 53.2. The Kier molecular flexibility index (Phi) is 6.71. The molecule has 0 spiro atoms. The van der Waals surface area contributed by atoms with E-state index in [9.17, 15) is 39.6 Å². The maximum Gasteiger partial charge on any atom is 0.255 e. The number of hydrogen-bond acceptors (Lipinski definition) is 10. The van der Waals surface area contributed by atoms with E-state index in [0.717, 1.165) is 6.42 Å². The molecule has 40 heavy (non-hydrogen) atoms. The average molecular weight is 559 g/mol. The maximum atomic E-state index is 16.0. The summed E-state index contributed by atoms with van der Waals surface area (Å²) in [7, 11) is 0. The predicted molar refractivity (Wildman–Crippen MR) is 139 cm³/mol. The molecule has 1 aliphatic heterocycles. The van der Waals surface area contributed by atoms with Gasteiger partial charge in [-0.3, -0.25) is 19.2 Å². The molecule has 1 saturated carbocycles. The second-order valence-corrected chi connectivity index (χ2v) is 10.7. The van der Waals surface area contributed by atoms with E-state index in [2.05, 4.69) is 16.0 Å². The van der Waals surface area contributed by atoms with Crippen LogP contribution in [0.2, 0.25) is 0 Å². The Morgan fingerprint density at radius 1 is 1.12 bits per heavy atom. The number of primary amides is 1. The molecule has 1 aromatic carbocycles. The van der Waals surface area contributed by atoms with E-state index in [-0.39, 0.29) is 42.6 Å². The van der Waals surface area contributed by atoms with Crippen molar-refractivity contribution in [3.63, 3.8) is 0 Å². The Balaban J connectivity index is 1.67. The van der Waals surface area contributed by atoms with Gasteiger partial charge in [0.05, 0.1) is 23.3 Å². The highest BCUT2D eigenvalue weighted by Crippen LogP contribution is 2.54. The van der Waals surface area contributed by atoms with Gasteiger partial charge in [-0.2, -0.15) is 0 Å². The van der Waals surface area contributed by atoms with Gasteiger partial charge in [0.15, 0.2) is 17.1 Å². The second-order valence-electron chi connectivity index (χ2n) is 10.7. The molecule has 12 nitrogen and oxygen atoms in total. The van der Waals surface area contributed by atoms with Crippen LogP contribution in [0.25, 0.3) is 5.76 Å². The third kappa shape index (κ3) is 3.68. The predicted octanol–water partition coefficient (Wildman–Crippen LogP) is 0.0138. The smallest absolute Gasteiger partial charge is 0.255 e. The van der Waals surface area contributed by atoms with Crippen LogP contribution < -0.4 is 21.7 Å². The molecule has 9 N–H and O–H groups in total. The van der Waals surface area contributed by atoms with Gasteiger partial charge < -0.3 is 42.1 Å². The number of aromatic hydroxyl groups is 1. The minimum Gasteiger partial charge on any atom is -0.508 e. The normalized spacial score (nSPS) is 29.4. The number of aliphatic hydroxyl groups is 3. The summed E-state index contributed by atoms with van der Waals surface area (Å²) in [5.41, 5.74) is 0.514. The third-order valence-corrected chi connectivity index (χ3v) is 8.44. The minimum atomic E-state index is -2.79. The summed E-state index contributed by atoms with van der Waals surface area (Å²) >= 11 is 0. The van der Waals surface area contributed by atoms with Crippen LogP contribution in [-0.4, -0.2) is 74.6 Å². The third-order valence-electron chi connectivity index (χ3n) is 8.44. The Hall–Kier alpha value is -3.81. The van der Waals surface area contributed by atoms with E-state index in [0.29, 0.717) is 6.54 Å². The quantitative estimate of drug-likeness (QED) is 0.173. The number of anilines is 1. The van der Waals surface area contributed by atoms with E-state index in [1.807, 2.05) is 6.92 Å². The van der Waals surface area contributed by atoms with Gasteiger partial charge in [0.2, 0.25) is 11.7 Å². The van der Waals surface area contributed by atoms with Crippen molar-refractivity contribution in [2.75, 3.05) is 18.4 Å². The number of carbonyl (C=O) groups is 4. The number of hydrogen-bond donors (Lipinski definition) is 8. The molecule has 5 rings (SSSR count). The lowest BCUT2D eigenvalue weighted by Crippen LogP contribution is -2.66. The van der Waals surface area contributed by atoms with Crippen molar-refractivity contribution >= 4 is 34.8 Å². The van der Waals surface area contributed by atoms with Gasteiger partial charge in [0, 0.05) is 29.0 Å². The molecule has 1 fully saturated rings. The first-order valence-corrected chi connectivity index (χ1v) is 13.2. The van der Waals surface area contributed by atoms with Crippen molar-refractivity contribution in [3.8, 4) is 5.75 Å². The van der Waals surface area contributed by atoms with Crippen LogP contribution >= 0.6 is 0 Å². The zero-order chi connectivity index (χ0) is 29.3. The number of ketones is 2. The standard InChI is InChI=1S/C27H31FN4O8/c1-3-5-31-13-8-11-17(28)10-6-9-7-12-19(30-4-2)22(35)16(25(29)38)24(37)27(12,40)23(36)14(9)20(33)15(10)21(34)18(11)32-26(13)39/h9,12-13,19,30-31,33-34,37,40H,3-8H2,1-2H3,(H2,29,38)(H,32,39)/t9-,12?,13?,19-,27-/m0/s1. The number of phenols is 1. The molecule has 1 aromatic rings. The fourth-order valence-electron chi connectivity index (χ4n) is 6.60. The number of benzene rings is 1. The molecule has 13 heteroatoms. The first-order valence-electron chi connectivity index (χ1n) is 13.2. The Morgan fingerprint density at radius 3 is 2.45 bits per heavy atom. The van der Waals surface area contributed by atoms with Crippen LogP contribution in [0.5, 0.6) is 5.75 Å². The van der Waals surface area contributed by atoms with Gasteiger partial charge in [0.1, 0.15) is 22.9 Å². The molecule has 2 amide bonds. The number of phenolic OH excluding ortho intramolecular Hbond substituents is 1. The van der Waals surface area contributed by atoms with Crippen LogP contribution in [0.4, 0.5) is 10.1 Å².